The SMILES string of the molecule is CSc1cc(NCc2ccc(CN)cc2F)ncn1. The standard InChI is InChI=1S/C13H15FN4S/c1-19-13-5-12(17-8-18-13)16-7-10-3-2-9(6-15)4-11(10)14/h2-5,8H,6-7,15H2,1H3,(H,16,17,18). The minimum absolute atomic E-state index is 0.255. The molecule has 0 bridgehead atoms. The van der Waals surface area contributed by atoms with E-state index in [1.54, 1.807) is 6.07 Å². The zero-order valence-electron chi connectivity index (χ0n) is 10.6. The first-order valence-corrected chi connectivity index (χ1v) is 7.02. The van der Waals surface area contributed by atoms with Crippen LogP contribution in [0.1, 0.15) is 11.1 Å². The molecular formula is C13H15FN4S. The van der Waals surface area contributed by atoms with E-state index in [0.29, 0.717) is 24.5 Å². The first-order valence-electron chi connectivity index (χ1n) is 5.80. The number of rotatable bonds is 5. The summed E-state index contributed by atoms with van der Waals surface area (Å²) in [5, 5.41) is 3.95. The van der Waals surface area contributed by atoms with Gasteiger partial charge in [0, 0.05) is 24.7 Å². The molecule has 3 N–H and O–H groups in total. The Morgan fingerprint density at radius 1 is 1.32 bits per heavy atom. The second-order valence-electron chi connectivity index (χ2n) is 3.93. The highest BCUT2D eigenvalue weighted by Crippen LogP contribution is 2.16. The van der Waals surface area contributed by atoms with Crippen LogP contribution in [0.15, 0.2) is 35.6 Å². The molecular weight excluding hydrogens is 263 g/mol. The van der Waals surface area contributed by atoms with Gasteiger partial charge in [0.05, 0.1) is 0 Å². The van der Waals surface area contributed by atoms with Crippen LogP contribution < -0.4 is 11.1 Å². The molecule has 0 spiro atoms. The largest absolute Gasteiger partial charge is 0.366 e. The highest BCUT2D eigenvalue weighted by Gasteiger charge is 2.04. The average Bonchev–Trinajstić information content (AvgIpc) is 2.46. The van der Waals surface area contributed by atoms with Gasteiger partial charge in [-0.05, 0) is 17.9 Å². The Labute approximate surface area is 115 Å². The number of nitrogens with one attached hydrogen (secondary N) is 1. The van der Waals surface area contributed by atoms with Crippen LogP contribution in [0, 0.1) is 5.82 Å². The van der Waals surface area contributed by atoms with E-state index in [0.717, 1.165) is 10.6 Å². The fourth-order valence-corrected chi connectivity index (χ4v) is 1.98. The molecule has 4 nitrogen and oxygen atoms in total. The summed E-state index contributed by atoms with van der Waals surface area (Å²) in [6, 6.07) is 6.86. The van der Waals surface area contributed by atoms with Crippen LogP contribution in [-0.4, -0.2) is 16.2 Å². The van der Waals surface area contributed by atoms with E-state index in [1.165, 1.54) is 24.2 Å². The maximum Gasteiger partial charge on any atom is 0.130 e. The van der Waals surface area contributed by atoms with Gasteiger partial charge in [-0.3, -0.25) is 0 Å². The summed E-state index contributed by atoms with van der Waals surface area (Å²) >= 11 is 1.53. The molecule has 0 radical (unpaired) electrons. The first-order chi connectivity index (χ1) is 9.22. The van der Waals surface area contributed by atoms with Gasteiger partial charge in [0.1, 0.15) is 23.0 Å². The predicted molar refractivity (Wildman–Crippen MR) is 75.4 cm³/mol. The Morgan fingerprint density at radius 2 is 2.16 bits per heavy atom. The van der Waals surface area contributed by atoms with Gasteiger partial charge in [0.2, 0.25) is 0 Å². The molecule has 0 atom stereocenters. The van der Waals surface area contributed by atoms with Crippen molar-refractivity contribution in [1.29, 1.82) is 0 Å². The number of hydrogen-bond donors (Lipinski definition) is 2. The van der Waals surface area contributed by atoms with Gasteiger partial charge in [-0.2, -0.15) is 0 Å². The van der Waals surface area contributed by atoms with Crippen molar-refractivity contribution in [3.05, 3.63) is 47.5 Å². The second kappa shape index (κ2) is 6.49. The smallest absolute Gasteiger partial charge is 0.130 e. The number of anilines is 1. The quantitative estimate of drug-likeness (QED) is 0.649. The van der Waals surface area contributed by atoms with E-state index in [4.69, 9.17) is 5.73 Å². The predicted octanol–water partition coefficient (Wildman–Crippen LogP) is 2.41. The zero-order valence-corrected chi connectivity index (χ0v) is 11.4. The maximum atomic E-state index is 13.8. The van der Waals surface area contributed by atoms with Crippen molar-refractivity contribution in [2.45, 2.75) is 18.1 Å². The molecule has 0 fully saturated rings. The first kappa shape index (κ1) is 13.8. The van der Waals surface area contributed by atoms with E-state index in [2.05, 4.69) is 15.3 Å². The molecule has 0 saturated carbocycles. The van der Waals surface area contributed by atoms with E-state index in [1.807, 2.05) is 18.4 Å². The van der Waals surface area contributed by atoms with Gasteiger partial charge in [-0.15, -0.1) is 11.8 Å². The van der Waals surface area contributed by atoms with E-state index in [9.17, 15) is 4.39 Å². The fraction of sp³-hybridized carbons (Fsp3) is 0.231. The minimum Gasteiger partial charge on any atom is -0.366 e. The second-order valence-corrected chi connectivity index (χ2v) is 4.76. The molecule has 1 aromatic carbocycles. The van der Waals surface area contributed by atoms with Gasteiger partial charge in [-0.1, -0.05) is 12.1 Å². The molecule has 2 rings (SSSR count). The number of halogens is 1. The molecule has 0 amide bonds. The van der Waals surface area contributed by atoms with Gasteiger partial charge in [0.15, 0.2) is 0 Å². The van der Waals surface area contributed by atoms with Gasteiger partial charge < -0.3 is 11.1 Å². The molecule has 6 heteroatoms. The third kappa shape index (κ3) is 3.65. The fourth-order valence-electron chi connectivity index (χ4n) is 1.59. The lowest BCUT2D eigenvalue weighted by Crippen LogP contribution is -2.05. The summed E-state index contributed by atoms with van der Waals surface area (Å²) in [7, 11) is 0. The third-order valence-electron chi connectivity index (χ3n) is 2.66. The van der Waals surface area contributed by atoms with Crippen LogP contribution in [0.5, 0.6) is 0 Å². The Kier molecular flexibility index (Phi) is 4.70. The van der Waals surface area contributed by atoms with E-state index < -0.39 is 0 Å². The van der Waals surface area contributed by atoms with Gasteiger partial charge >= 0.3 is 0 Å². The van der Waals surface area contributed by atoms with Crippen molar-refractivity contribution < 1.29 is 4.39 Å². The van der Waals surface area contributed by atoms with Crippen molar-refractivity contribution in [2.24, 2.45) is 5.73 Å². The average molecular weight is 278 g/mol. The molecule has 0 aliphatic rings. The van der Waals surface area contributed by atoms with Crippen LogP contribution in [0.3, 0.4) is 0 Å². The minimum atomic E-state index is -0.255. The van der Waals surface area contributed by atoms with Crippen LogP contribution in [0.2, 0.25) is 0 Å². The summed E-state index contributed by atoms with van der Waals surface area (Å²) in [4.78, 5) is 8.16. The molecule has 1 heterocycles. The van der Waals surface area contributed by atoms with Crippen LogP contribution in [-0.2, 0) is 13.1 Å². The van der Waals surface area contributed by atoms with Crippen molar-refractivity contribution in [1.82, 2.24) is 9.97 Å². The van der Waals surface area contributed by atoms with Gasteiger partial charge in [-0.25, -0.2) is 14.4 Å². The van der Waals surface area contributed by atoms with Crippen molar-refractivity contribution in [3.63, 3.8) is 0 Å². The summed E-state index contributed by atoms with van der Waals surface area (Å²) in [6.07, 6.45) is 3.43. The number of nitrogens with zero attached hydrogens (tertiary/aromatic N) is 2. The lowest BCUT2D eigenvalue weighted by Gasteiger charge is -2.08. The molecule has 0 aliphatic carbocycles. The molecule has 100 valence electrons. The molecule has 0 unspecified atom stereocenters. The number of nitrogens with two attached hydrogens (primary N) is 1. The van der Waals surface area contributed by atoms with Crippen molar-refractivity contribution in [2.75, 3.05) is 11.6 Å². The number of benzene rings is 1. The van der Waals surface area contributed by atoms with Crippen molar-refractivity contribution in [3.8, 4) is 0 Å². The van der Waals surface area contributed by atoms with E-state index in [-0.39, 0.29) is 5.82 Å². The molecule has 0 saturated heterocycles. The lowest BCUT2D eigenvalue weighted by molar-refractivity contribution is 0.610. The summed E-state index contributed by atoms with van der Waals surface area (Å²) < 4.78 is 13.8. The highest BCUT2D eigenvalue weighted by molar-refractivity contribution is 7.98. The summed E-state index contributed by atoms with van der Waals surface area (Å²) in [5.74, 6) is 0.427. The Balaban J connectivity index is 2.05. The monoisotopic (exact) mass is 278 g/mol. The third-order valence-corrected chi connectivity index (χ3v) is 3.31. The Morgan fingerprint density at radius 3 is 2.84 bits per heavy atom. The van der Waals surface area contributed by atoms with Crippen LogP contribution >= 0.6 is 11.8 Å². The van der Waals surface area contributed by atoms with Crippen LogP contribution in [0.25, 0.3) is 0 Å². The van der Waals surface area contributed by atoms with Gasteiger partial charge in [0.25, 0.3) is 0 Å². The topological polar surface area (TPSA) is 63.8 Å². The number of thioether (sulfide) groups is 1. The van der Waals surface area contributed by atoms with Crippen molar-refractivity contribution >= 4 is 17.6 Å². The molecule has 1 aromatic heterocycles. The molecule has 0 aliphatic heterocycles. The molecule has 2 aromatic rings. The zero-order chi connectivity index (χ0) is 13.7. The Bertz CT molecular complexity index is 562. The normalized spacial score (nSPS) is 10.5. The summed E-state index contributed by atoms with van der Waals surface area (Å²) in [6.45, 7) is 0.717. The lowest BCUT2D eigenvalue weighted by atomic mass is 10.1. The summed E-state index contributed by atoms with van der Waals surface area (Å²) in [5.41, 5.74) is 6.83. The number of hydrogen-bond acceptors (Lipinski definition) is 5. The number of aromatic nitrogens is 2. The van der Waals surface area contributed by atoms with Crippen LogP contribution in [0.4, 0.5) is 10.2 Å². The highest BCUT2D eigenvalue weighted by atomic mass is 32.2. The molecule has 19 heavy (non-hydrogen) atoms. The van der Waals surface area contributed by atoms with E-state index >= 15 is 0 Å². The Hall–Kier alpha value is -1.66. The maximum absolute atomic E-state index is 13.8.